The number of benzene rings is 1. The Morgan fingerprint density at radius 1 is 1.39 bits per heavy atom. The summed E-state index contributed by atoms with van der Waals surface area (Å²) in [4.78, 5) is 4.31. The Balaban J connectivity index is 2.62. The van der Waals surface area contributed by atoms with E-state index in [9.17, 15) is 8.42 Å². The van der Waals surface area contributed by atoms with E-state index in [0.717, 1.165) is 16.2 Å². The highest BCUT2D eigenvalue weighted by atomic mass is 127. The Bertz CT molecular complexity index is 831. The van der Waals surface area contributed by atoms with Crippen LogP contribution in [-0.4, -0.2) is 36.4 Å². The molecule has 0 atom stereocenters. The van der Waals surface area contributed by atoms with Crippen LogP contribution >= 0.6 is 34.2 Å². The Kier molecular flexibility index (Phi) is 5.65. The number of rotatable bonds is 6. The van der Waals surface area contributed by atoms with E-state index in [-0.39, 0.29) is 5.16 Å². The number of halogens is 2. The van der Waals surface area contributed by atoms with Crippen LogP contribution in [-0.2, 0) is 21.1 Å². The average molecular weight is 471 g/mol. The minimum absolute atomic E-state index is 0.0405. The van der Waals surface area contributed by atoms with Crippen molar-refractivity contribution in [3.05, 3.63) is 20.7 Å². The number of hydrogen-bond acceptors (Lipinski definition) is 4. The normalized spacial score (nSPS) is 13.0. The fourth-order valence-electron chi connectivity index (χ4n) is 2.34. The summed E-state index contributed by atoms with van der Waals surface area (Å²) in [7, 11) is -3.46. The molecular weight excluding hydrogens is 451 g/mol. The van der Waals surface area contributed by atoms with Crippen LogP contribution in [0.4, 0.5) is 0 Å². The van der Waals surface area contributed by atoms with Gasteiger partial charge in [0.15, 0.2) is 0 Å². The predicted octanol–water partition coefficient (Wildman–Crippen LogP) is 3.90. The highest BCUT2D eigenvalue weighted by Crippen LogP contribution is 2.29. The maximum atomic E-state index is 12.1. The molecule has 1 aromatic carbocycles. The molecule has 0 saturated heterocycles. The van der Waals surface area contributed by atoms with Gasteiger partial charge in [-0.05, 0) is 55.0 Å². The molecule has 0 bridgehead atoms. The standard InChI is InChI=1S/C15H20ClIN2O3S/c1-5-6-22-15(2,3)9-19-13-7-10(16)11(17)8-12(13)18-14(19)23(4,20)21/h7-8H,5-6,9H2,1-4H3. The molecule has 0 amide bonds. The van der Waals surface area contributed by atoms with Crippen molar-refractivity contribution < 1.29 is 13.2 Å². The van der Waals surface area contributed by atoms with Crippen LogP contribution in [0.2, 0.25) is 5.02 Å². The summed E-state index contributed by atoms with van der Waals surface area (Å²) in [5, 5.41) is 0.616. The van der Waals surface area contributed by atoms with Gasteiger partial charge in [0.05, 0.1) is 28.2 Å². The lowest BCUT2D eigenvalue weighted by molar-refractivity contribution is -0.0298. The smallest absolute Gasteiger partial charge is 0.228 e. The molecule has 0 aliphatic carbocycles. The summed E-state index contributed by atoms with van der Waals surface area (Å²) in [6, 6.07) is 3.56. The van der Waals surface area contributed by atoms with E-state index < -0.39 is 15.4 Å². The molecule has 5 nitrogen and oxygen atoms in total. The topological polar surface area (TPSA) is 61.2 Å². The fourth-order valence-corrected chi connectivity index (χ4v) is 3.77. The van der Waals surface area contributed by atoms with E-state index in [0.29, 0.717) is 29.2 Å². The van der Waals surface area contributed by atoms with Crippen LogP contribution in [0.5, 0.6) is 0 Å². The SMILES string of the molecule is CCCOC(C)(C)Cn1c(S(C)(=O)=O)nc2cc(I)c(Cl)cc21. The number of ether oxygens (including phenoxy) is 1. The maximum absolute atomic E-state index is 12.1. The maximum Gasteiger partial charge on any atom is 0.228 e. The van der Waals surface area contributed by atoms with Crippen LogP contribution in [0, 0.1) is 3.57 Å². The third kappa shape index (κ3) is 4.37. The van der Waals surface area contributed by atoms with E-state index in [1.165, 1.54) is 0 Å². The summed E-state index contributed by atoms with van der Waals surface area (Å²) < 4.78 is 32.6. The zero-order chi connectivity index (χ0) is 17.4. The minimum atomic E-state index is -3.46. The first-order chi connectivity index (χ1) is 10.5. The summed E-state index contributed by atoms with van der Waals surface area (Å²) in [6.45, 7) is 6.91. The van der Waals surface area contributed by atoms with Crippen molar-refractivity contribution in [3.8, 4) is 0 Å². The van der Waals surface area contributed by atoms with Gasteiger partial charge >= 0.3 is 0 Å². The third-order valence-corrected chi connectivity index (χ3v) is 5.82. The molecule has 8 heteroatoms. The molecule has 0 fully saturated rings. The van der Waals surface area contributed by atoms with Gasteiger partial charge < -0.3 is 9.30 Å². The van der Waals surface area contributed by atoms with E-state index in [1.54, 1.807) is 16.7 Å². The number of hydrogen-bond donors (Lipinski definition) is 0. The molecule has 0 saturated carbocycles. The van der Waals surface area contributed by atoms with Crippen molar-refractivity contribution in [1.29, 1.82) is 0 Å². The average Bonchev–Trinajstić information content (AvgIpc) is 2.75. The second kappa shape index (κ2) is 6.85. The van der Waals surface area contributed by atoms with E-state index in [4.69, 9.17) is 16.3 Å². The molecular formula is C15H20ClIN2O3S. The van der Waals surface area contributed by atoms with E-state index >= 15 is 0 Å². The second-order valence-corrected chi connectivity index (χ2v) is 9.59. The first-order valence-electron chi connectivity index (χ1n) is 7.24. The molecule has 2 rings (SSSR count). The Labute approximate surface area is 155 Å². The first-order valence-corrected chi connectivity index (χ1v) is 10.6. The van der Waals surface area contributed by atoms with Gasteiger partial charge in [-0.2, -0.15) is 0 Å². The lowest BCUT2D eigenvalue weighted by Crippen LogP contribution is -2.32. The molecule has 0 spiro atoms. The van der Waals surface area contributed by atoms with Crippen molar-refractivity contribution >= 4 is 55.1 Å². The van der Waals surface area contributed by atoms with Gasteiger partial charge in [0.1, 0.15) is 0 Å². The highest BCUT2D eigenvalue weighted by molar-refractivity contribution is 14.1. The van der Waals surface area contributed by atoms with Crippen molar-refractivity contribution in [3.63, 3.8) is 0 Å². The molecule has 128 valence electrons. The summed E-state index contributed by atoms with van der Waals surface area (Å²) >= 11 is 8.31. The third-order valence-electron chi connectivity index (χ3n) is 3.32. The summed E-state index contributed by atoms with van der Waals surface area (Å²) in [6.07, 6.45) is 2.06. The number of imidazole rings is 1. The van der Waals surface area contributed by atoms with Gasteiger partial charge in [-0.15, -0.1) is 0 Å². The van der Waals surface area contributed by atoms with Crippen molar-refractivity contribution in [2.45, 2.75) is 44.5 Å². The van der Waals surface area contributed by atoms with Crippen molar-refractivity contribution in [2.24, 2.45) is 0 Å². The molecule has 23 heavy (non-hydrogen) atoms. The van der Waals surface area contributed by atoms with Crippen LogP contribution in [0.15, 0.2) is 17.3 Å². The monoisotopic (exact) mass is 470 g/mol. The van der Waals surface area contributed by atoms with Gasteiger partial charge in [0.25, 0.3) is 0 Å². The van der Waals surface area contributed by atoms with Crippen molar-refractivity contribution in [1.82, 2.24) is 9.55 Å². The fraction of sp³-hybridized carbons (Fsp3) is 0.533. The molecule has 0 aliphatic rings. The van der Waals surface area contributed by atoms with E-state index in [2.05, 4.69) is 27.6 Å². The quantitative estimate of drug-likeness (QED) is 0.601. The lowest BCUT2D eigenvalue weighted by atomic mass is 10.1. The zero-order valence-electron chi connectivity index (χ0n) is 13.6. The lowest BCUT2D eigenvalue weighted by Gasteiger charge is -2.26. The summed E-state index contributed by atoms with van der Waals surface area (Å²) in [5.74, 6) is 0. The van der Waals surface area contributed by atoms with Crippen LogP contribution in [0.1, 0.15) is 27.2 Å². The molecule has 0 radical (unpaired) electrons. The molecule has 0 aliphatic heterocycles. The van der Waals surface area contributed by atoms with Crippen LogP contribution in [0.25, 0.3) is 11.0 Å². The Hall–Kier alpha value is -0.380. The largest absolute Gasteiger partial charge is 0.374 e. The summed E-state index contributed by atoms with van der Waals surface area (Å²) in [5.41, 5.74) is 0.799. The Morgan fingerprint density at radius 2 is 2.04 bits per heavy atom. The number of aromatic nitrogens is 2. The van der Waals surface area contributed by atoms with Crippen molar-refractivity contribution in [2.75, 3.05) is 12.9 Å². The number of nitrogens with zero attached hydrogens (tertiary/aromatic N) is 2. The van der Waals surface area contributed by atoms with Crippen LogP contribution in [0.3, 0.4) is 0 Å². The highest BCUT2D eigenvalue weighted by Gasteiger charge is 2.26. The van der Waals surface area contributed by atoms with Gasteiger partial charge in [-0.25, -0.2) is 13.4 Å². The second-order valence-electron chi connectivity index (χ2n) is 6.12. The molecule has 0 N–H and O–H groups in total. The van der Waals surface area contributed by atoms with Gasteiger partial charge in [0.2, 0.25) is 15.0 Å². The molecule has 1 aromatic heterocycles. The van der Waals surface area contributed by atoms with Gasteiger partial charge in [-0.3, -0.25) is 0 Å². The van der Waals surface area contributed by atoms with E-state index in [1.807, 2.05) is 20.8 Å². The van der Waals surface area contributed by atoms with Gasteiger partial charge in [-0.1, -0.05) is 18.5 Å². The minimum Gasteiger partial charge on any atom is -0.374 e. The molecule has 1 heterocycles. The van der Waals surface area contributed by atoms with Gasteiger partial charge in [0, 0.05) is 16.4 Å². The zero-order valence-corrected chi connectivity index (χ0v) is 17.3. The predicted molar refractivity (Wildman–Crippen MR) is 101 cm³/mol. The molecule has 0 unspecified atom stereocenters. The van der Waals surface area contributed by atoms with Crippen LogP contribution < -0.4 is 0 Å². The first kappa shape index (κ1) is 19.0. The molecule has 2 aromatic rings. The number of sulfone groups is 1. The Morgan fingerprint density at radius 3 is 2.61 bits per heavy atom. The number of fused-ring (bicyclic) bond motifs is 1.